The van der Waals surface area contributed by atoms with E-state index in [2.05, 4.69) is 25.1 Å². The maximum Gasteiger partial charge on any atom is 0.269 e. The van der Waals surface area contributed by atoms with Crippen LogP contribution in [-0.4, -0.2) is 60.0 Å². The van der Waals surface area contributed by atoms with E-state index in [4.69, 9.17) is 0 Å². The first-order valence-corrected chi connectivity index (χ1v) is 11.5. The molecule has 0 unspecified atom stereocenters. The molecule has 7 nitrogen and oxygen atoms in total. The molecule has 0 radical (unpaired) electrons. The molecule has 0 spiro atoms. The minimum Gasteiger partial charge on any atom is -0.368 e. The van der Waals surface area contributed by atoms with Gasteiger partial charge in [0.05, 0.1) is 11.9 Å². The molecule has 8 heteroatoms. The number of pyridine rings is 2. The van der Waals surface area contributed by atoms with Crippen LogP contribution in [0.5, 0.6) is 0 Å². The largest absolute Gasteiger partial charge is 0.368 e. The number of anilines is 1. The van der Waals surface area contributed by atoms with E-state index in [1.165, 1.54) is 12.1 Å². The molecule has 0 bridgehead atoms. The van der Waals surface area contributed by atoms with E-state index in [1.807, 2.05) is 12.1 Å². The molecule has 1 amide bonds. The van der Waals surface area contributed by atoms with E-state index in [0.29, 0.717) is 23.0 Å². The Morgan fingerprint density at radius 2 is 1.94 bits per heavy atom. The molecule has 33 heavy (non-hydrogen) atoms. The first-order chi connectivity index (χ1) is 16.0. The number of hydrogen-bond donors (Lipinski definition) is 2. The van der Waals surface area contributed by atoms with Crippen molar-refractivity contribution in [3.8, 4) is 0 Å². The molecule has 1 saturated carbocycles. The first-order valence-electron chi connectivity index (χ1n) is 11.5. The third kappa shape index (κ3) is 4.35. The predicted molar refractivity (Wildman–Crippen MR) is 126 cm³/mol. The van der Waals surface area contributed by atoms with Crippen LogP contribution in [-0.2, 0) is 0 Å². The molecular formula is C25H28FN5O2. The fraction of sp³-hybridized carbons (Fsp3) is 0.400. The summed E-state index contributed by atoms with van der Waals surface area (Å²) in [7, 11) is 1.60. The van der Waals surface area contributed by atoms with E-state index >= 15 is 0 Å². The van der Waals surface area contributed by atoms with Crippen molar-refractivity contribution in [1.29, 1.82) is 0 Å². The maximum atomic E-state index is 13.5. The Hall–Kier alpha value is -3.26. The van der Waals surface area contributed by atoms with Gasteiger partial charge >= 0.3 is 0 Å². The molecule has 3 heterocycles. The minimum absolute atomic E-state index is 0.179. The smallest absolute Gasteiger partial charge is 0.269 e. The van der Waals surface area contributed by atoms with Crippen molar-refractivity contribution in [1.82, 2.24) is 20.2 Å². The van der Waals surface area contributed by atoms with E-state index < -0.39 is 0 Å². The summed E-state index contributed by atoms with van der Waals surface area (Å²) in [6, 6.07) is 10.6. The van der Waals surface area contributed by atoms with Gasteiger partial charge in [0, 0.05) is 56.3 Å². The van der Waals surface area contributed by atoms with Gasteiger partial charge in [0.2, 0.25) is 0 Å². The molecule has 1 aromatic carbocycles. The van der Waals surface area contributed by atoms with Gasteiger partial charge in [-0.05, 0) is 55.0 Å². The number of halogens is 1. The van der Waals surface area contributed by atoms with Gasteiger partial charge in [0.15, 0.2) is 0 Å². The zero-order valence-electron chi connectivity index (χ0n) is 18.7. The molecule has 1 saturated heterocycles. The number of nitrogens with zero attached hydrogens (tertiary/aromatic N) is 3. The summed E-state index contributed by atoms with van der Waals surface area (Å²) in [6.07, 6.45) is 4.94. The van der Waals surface area contributed by atoms with Crippen molar-refractivity contribution in [3.05, 3.63) is 70.2 Å². The van der Waals surface area contributed by atoms with Gasteiger partial charge in [0.1, 0.15) is 11.5 Å². The summed E-state index contributed by atoms with van der Waals surface area (Å²) in [4.78, 5) is 36.3. The summed E-state index contributed by atoms with van der Waals surface area (Å²) >= 11 is 0. The molecule has 2 fully saturated rings. The third-order valence-corrected chi connectivity index (χ3v) is 7.08. The Labute approximate surface area is 191 Å². The summed E-state index contributed by atoms with van der Waals surface area (Å²) < 4.78 is 13.5. The predicted octanol–water partition coefficient (Wildman–Crippen LogP) is 2.88. The summed E-state index contributed by atoms with van der Waals surface area (Å²) in [5, 5.41) is 3.79. The van der Waals surface area contributed by atoms with Crippen molar-refractivity contribution in [3.63, 3.8) is 0 Å². The normalized spacial score (nSPS) is 21.5. The van der Waals surface area contributed by atoms with E-state index in [9.17, 15) is 14.0 Å². The summed E-state index contributed by atoms with van der Waals surface area (Å²) in [5.41, 5.74) is 2.21. The number of piperazine rings is 1. The van der Waals surface area contributed by atoms with Crippen molar-refractivity contribution in [2.24, 2.45) is 0 Å². The number of aromatic nitrogens is 2. The van der Waals surface area contributed by atoms with Gasteiger partial charge in [-0.2, -0.15) is 0 Å². The van der Waals surface area contributed by atoms with Crippen LogP contribution >= 0.6 is 0 Å². The number of hydrogen-bond acceptors (Lipinski definition) is 5. The summed E-state index contributed by atoms with van der Waals surface area (Å²) in [5.74, 6) is -0.252. The van der Waals surface area contributed by atoms with Crippen LogP contribution in [0.15, 0.2) is 47.4 Å². The molecule has 1 aliphatic heterocycles. The second-order valence-corrected chi connectivity index (χ2v) is 8.95. The van der Waals surface area contributed by atoms with E-state index in [1.54, 1.807) is 25.4 Å². The maximum absolute atomic E-state index is 13.5. The monoisotopic (exact) mass is 449 g/mol. The highest BCUT2D eigenvalue weighted by Gasteiger charge is 2.32. The molecule has 3 aromatic rings. The van der Waals surface area contributed by atoms with Gasteiger partial charge in [-0.25, -0.2) is 9.37 Å². The van der Waals surface area contributed by atoms with Crippen LogP contribution in [0.2, 0.25) is 0 Å². The van der Waals surface area contributed by atoms with E-state index in [-0.39, 0.29) is 17.3 Å². The molecule has 5 rings (SSSR count). The Kier molecular flexibility index (Phi) is 5.85. The number of aromatic amines is 1. The average Bonchev–Trinajstić information content (AvgIpc) is 3.34. The number of carbonyl (C=O) groups excluding carboxylic acids is 1. The van der Waals surface area contributed by atoms with Gasteiger partial charge in [-0.15, -0.1) is 0 Å². The molecule has 2 atom stereocenters. The van der Waals surface area contributed by atoms with Gasteiger partial charge in [-0.3, -0.25) is 14.5 Å². The average molecular weight is 450 g/mol. The lowest BCUT2D eigenvalue weighted by atomic mass is 10.0. The van der Waals surface area contributed by atoms with Crippen LogP contribution in [0, 0.1) is 5.82 Å². The lowest BCUT2D eigenvalue weighted by Crippen LogP contribution is -2.49. The van der Waals surface area contributed by atoms with Crippen LogP contribution < -0.4 is 15.8 Å². The molecular weight excluding hydrogens is 421 g/mol. The fourth-order valence-corrected chi connectivity index (χ4v) is 5.23. The second-order valence-electron chi connectivity index (χ2n) is 8.95. The lowest BCUT2D eigenvalue weighted by molar-refractivity contribution is 0.0958. The van der Waals surface area contributed by atoms with Crippen molar-refractivity contribution in [2.75, 3.05) is 38.1 Å². The lowest BCUT2D eigenvalue weighted by Gasteiger charge is -2.39. The third-order valence-electron chi connectivity index (χ3n) is 7.08. The molecule has 2 aromatic heterocycles. The van der Waals surface area contributed by atoms with Crippen molar-refractivity contribution >= 4 is 22.4 Å². The number of amides is 1. The molecule has 2 N–H and O–H groups in total. The van der Waals surface area contributed by atoms with Crippen molar-refractivity contribution < 1.29 is 9.18 Å². The van der Waals surface area contributed by atoms with Crippen LogP contribution in [0.25, 0.3) is 10.8 Å². The Morgan fingerprint density at radius 3 is 2.67 bits per heavy atom. The van der Waals surface area contributed by atoms with Crippen LogP contribution in [0.4, 0.5) is 10.1 Å². The quantitative estimate of drug-likeness (QED) is 0.640. The minimum atomic E-state index is -0.390. The summed E-state index contributed by atoms with van der Waals surface area (Å²) in [6.45, 7) is 3.78. The van der Waals surface area contributed by atoms with E-state index in [0.717, 1.165) is 62.2 Å². The van der Waals surface area contributed by atoms with Gasteiger partial charge in [0.25, 0.3) is 11.5 Å². The highest BCUT2D eigenvalue weighted by atomic mass is 19.1. The zero-order chi connectivity index (χ0) is 22.9. The number of carbonyl (C=O) groups is 1. The Balaban J connectivity index is 1.21. The molecule has 172 valence electrons. The van der Waals surface area contributed by atoms with Gasteiger partial charge in [-0.1, -0.05) is 6.07 Å². The Morgan fingerprint density at radius 1 is 1.12 bits per heavy atom. The fourth-order valence-electron chi connectivity index (χ4n) is 5.23. The standard InChI is InChI=1S/C25H28FN5O2/c1-27-25(33)22-7-6-20(15-28-22)31-10-8-30(9-11-31)19-5-3-17(12-19)23-13-16-2-4-18(26)14-21(16)24(32)29-23/h2,4,6-7,13-15,17,19H,3,5,8-12H2,1H3,(H,27,33)(H,29,32)/t17-,19+/m1/s1. The second kappa shape index (κ2) is 8.94. The number of nitrogens with one attached hydrogen (secondary N) is 2. The van der Waals surface area contributed by atoms with Gasteiger partial charge < -0.3 is 15.2 Å². The topological polar surface area (TPSA) is 81.3 Å². The zero-order valence-corrected chi connectivity index (χ0v) is 18.7. The number of H-pyrrole nitrogens is 1. The SMILES string of the molecule is CNC(=O)c1ccc(N2CCN([C@H]3CC[C@@H](c4cc5ccc(F)cc5c(=O)[nH]4)C3)CC2)cn1. The number of fused-ring (bicyclic) bond motifs is 1. The molecule has 1 aliphatic carbocycles. The number of rotatable bonds is 4. The highest BCUT2D eigenvalue weighted by molar-refractivity contribution is 5.92. The first kappa shape index (κ1) is 21.6. The Bertz CT molecular complexity index is 1220. The van der Waals surface area contributed by atoms with Crippen LogP contribution in [0.3, 0.4) is 0 Å². The number of benzene rings is 1. The van der Waals surface area contributed by atoms with Crippen LogP contribution in [0.1, 0.15) is 41.4 Å². The molecule has 2 aliphatic rings. The highest BCUT2D eigenvalue weighted by Crippen LogP contribution is 2.37. The van der Waals surface area contributed by atoms with Crippen molar-refractivity contribution in [2.45, 2.75) is 31.2 Å².